The molecule has 1 heterocycles. The molecule has 3 rings (SSSR count). The topological polar surface area (TPSA) is 51.2 Å². The summed E-state index contributed by atoms with van der Waals surface area (Å²) in [6, 6.07) is 13.1. The van der Waals surface area contributed by atoms with E-state index in [9.17, 15) is 9.18 Å². The van der Waals surface area contributed by atoms with E-state index in [1.54, 1.807) is 25.1 Å². The monoisotopic (exact) mass is 390 g/mol. The van der Waals surface area contributed by atoms with Crippen LogP contribution in [0.15, 0.2) is 48.5 Å². The number of nitrogens with one attached hydrogen (secondary N) is 1. The zero-order chi connectivity index (χ0) is 18.5. The lowest BCUT2D eigenvalue weighted by atomic mass is 10.2. The second-order valence-electron chi connectivity index (χ2n) is 5.54. The van der Waals surface area contributed by atoms with E-state index in [1.165, 1.54) is 23.5 Å². The lowest BCUT2D eigenvalue weighted by Crippen LogP contribution is -2.22. The Kier molecular flexibility index (Phi) is 5.85. The summed E-state index contributed by atoms with van der Waals surface area (Å²) in [5, 5.41) is 4.14. The molecule has 0 aliphatic heterocycles. The third-order valence-electron chi connectivity index (χ3n) is 3.62. The first-order valence-electron chi connectivity index (χ1n) is 7.89. The van der Waals surface area contributed by atoms with Crippen LogP contribution in [0.4, 0.5) is 4.39 Å². The fourth-order valence-electron chi connectivity index (χ4n) is 2.30. The Bertz CT molecular complexity index is 912. The zero-order valence-electron chi connectivity index (χ0n) is 14.0. The maximum Gasteiger partial charge on any atom is 0.263 e. The first kappa shape index (κ1) is 18.4. The number of rotatable bonds is 6. The van der Waals surface area contributed by atoms with Gasteiger partial charge in [0.25, 0.3) is 5.91 Å². The van der Waals surface area contributed by atoms with Gasteiger partial charge in [0.2, 0.25) is 0 Å². The predicted octanol–water partition coefficient (Wildman–Crippen LogP) is 4.75. The number of amides is 1. The molecule has 3 aromatic rings. The van der Waals surface area contributed by atoms with E-state index in [2.05, 4.69) is 10.3 Å². The lowest BCUT2D eigenvalue weighted by molar-refractivity contribution is 0.0954. The van der Waals surface area contributed by atoms with Gasteiger partial charge in [-0.2, -0.15) is 0 Å². The highest BCUT2D eigenvalue weighted by Gasteiger charge is 2.16. The van der Waals surface area contributed by atoms with Crippen molar-refractivity contribution in [2.24, 2.45) is 0 Å². The molecule has 2 aromatic carbocycles. The summed E-state index contributed by atoms with van der Waals surface area (Å²) in [5.74, 6) is 0.0249. The number of ether oxygens (including phenoxy) is 1. The third-order valence-corrected chi connectivity index (χ3v) is 5.12. The van der Waals surface area contributed by atoms with Crippen molar-refractivity contribution >= 4 is 28.8 Å². The second kappa shape index (κ2) is 8.29. The minimum absolute atomic E-state index is 0.201. The normalized spacial score (nSPS) is 10.6. The van der Waals surface area contributed by atoms with Crippen LogP contribution in [0, 0.1) is 12.7 Å². The lowest BCUT2D eigenvalue weighted by Gasteiger charge is -2.06. The van der Waals surface area contributed by atoms with E-state index < -0.39 is 0 Å². The molecular weight excluding hydrogens is 375 g/mol. The number of thiazole rings is 1. The van der Waals surface area contributed by atoms with Gasteiger partial charge >= 0.3 is 0 Å². The molecule has 0 atom stereocenters. The number of nitrogens with zero attached hydrogens (tertiary/aromatic N) is 1. The average Bonchev–Trinajstić information content (AvgIpc) is 3.01. The smallest absolute Gasteiger partial charge is 0.263 e. The molecule has 1 aromatic heterocycles. The minimum atomic E-state index is -0.320. The Morgan fingerprint density at radius 3 is 2.69 bits per heavy atom. The van der Waals surface area contributed by atoms with Gasteiger partial charge in [-0.15, -0.1) is 11.3 Å². The summed E-state index contributed by atoms with van der Waals surface area (Å²) in [5.41, 5.74) is 1.49. The summed E-state index contributed by atoms with van der Waals surface area (Å²) >= 11 is 7.37. The molecule has 7 heteroatoms. The molecule has 0 bridgehead atoms. The van der Waals surface area contributed by atoms with Crippen LogP contribution in [-0.2, 0) is 13.2 Å². The van der Waals surface area contributed by atoms with Crippen molar-refractivity contribution in [3.05, 3.63) is 80.5 Å². The maximum absolute atomic E-state index is 12.9. The molecule has 0 aliphatic carbocycles. The van der Waals surface area contributed by atoms with E-state index in [0.717, 1.165) is 5.56 Å². The number of aryl methyl sites for hydroxylation is 1. The number of hydrogen-bond acceptors (Lipinski definition) is 4. The SMILES string of the molecule is Cc1nc(COc2ccc(F)cc2)sc1C(=O)NCc1ccccc1Cl. The van der Waals surface area contributed by atoms with E-state index >= 15 is 0 Å². The molecule has 0 radical (unpaired) electrons. The highest BCUT2D eigenvalue weighted by Crippen LogP contribution is 2.21. The fraction of sp³-hybridized carbons (Fsp3) is 0.158. The Morgan fingerprint density at radius 2 is 1.96 bits per heavy atom. The number of halogens is 2. The molecule has 1 N–H and O–H groups in total. The Morgan fingerprint density at radius 1 is 1.23 bits per heavy atom. The van der Waals surface area contributed by atoms with E-state index in [-0.39, 0.29) is 18.3 Å². The van der Waals surface area contributed by atoms with Crippen LogP contribution in [0.1, 0.15) is 25.9 Å². The largest absolute Gasteiger partial charge is 0.486 e. The van der Waals surface area contributed by atoms with Crippen LogP contribution >= 0.6 is 22.9 Å². The summed E-state index contributed by atoms with van der Waals surface area (Å²) in [6.45, 7) is 2.34. The van der Waals surface area contributed by atoms with Crippen LogP contribution in [0.5, 0.6) is 5.75 Å². The molecule has 0 aliphatic rings. The van der Waals surface area contributed by atoms with E-state index in [1.807, 2.05) is 18.2 Å². The van der Waals surface area contributed by atoms with Gasteiger partial charge in [0.15, 0.2) is 0 Å². The first-order chi connectivity index (χ1) is 12.5. The highest BCUT2D eigenvalue weighted by molar-refractivity contribution is 7.13. The molecule has 26 heavy (non-hydrogen) atoms. The van der Waals surface area contributed by atoms with Crippen LogP contribution in [0.2, 0.25) is 5.02 Å². The van der Waals surface area contributed by atoms with Gasteiger partial charge in [-0.25, -0.2) is 9.37 Å². The molecule has 0 saturated carbocycles. The van der Waals surface area contributed by atoms with Crippen molar-refractivity contribution in [3.63, 3.8) is 0 Å². The quantitative estimate of drug-likeness (QED) is 0.660. The van der Waals surface area contributed by atoms with Crippen molar-refractivity contribution in [1.29, 1.82) is 0 Å². The average molecular weight is 391 g/mol. The fourth-order valence-corrected chi connectivity index (χ4v) is 3.39. The van der Waals surface area contributed by atoms with Crippen LogP contribution in [-0.4, -0.2) is 10.9 Å². The standard InChI is InChI=1S/C19H16ClFN2O2S/c1-12-18(19(24)22-10-13-4-2-3-5-16(13)20)26-17(23-12)11-25-15-8-6-14(21)7-9-15/h2-9H,10-11H2,1H3,(H,22,24). The summed E-state index contributed by atoms with van der Waals surface area (Å²) in [6.07, 6.45) is 0. The first-order valence-corrected chi connectivity index (χ1v) is 9.08. The second-order valence-corrected chi connectivity index (χ2v) is 7.03. The molecule has 1 amide bonds. The predicted molar refractivity (Wildman–Crippen MR) is 100 cm³/mol. The number of aromatic nitrogens is 1. The summed E-state index contributed by atoms with van der Waals surface area (Å²) < 4.78 is 18.5. The Hall–Kier alpha value is -2.44. The van der Waals surface area contributed by atoms with Crippen molar-refractivity contribution in [3.8, 4) is 5.75 Å². The van der Waals surface area contributed by atoms with Gasteiger partial charge in [-0.1, -0.05) is 29.8 Å². The van der Waals surface area contributed by atoms with E-state index in [4.69, 9.17) is 16.3 Å². The minimum Gasteiger partial charge on any atom is -0.486 e. The Labute approximate surface area is 159 Å². The van der Waals surface area contributed by atoms with Gasteiger partial charge < -0.3 is 10.1 Å². The Balaban J connectivity index is 1.61. The molecule has 134 valence electrons. The van der Waals surface area contributed by atoms with Crippen LogP contribution in [0.25, 0.3) is 0 Å². The molecule has 4 nitrogen and oxygen atoms in total. The summed E-state index contributed by atoms with van der Waals surface area (Å²) in [4.78, 5) is 17.3. The number of hydrogen-bond donors (Lipinski definition) is 1. The maximum atomic E-state index is 12.9. The van der Waals surface area contributed by atoms with Gasteiger partial charge in [0.1, 0.15) is 28.1 Å². The van der Waals surface area contributed by atoms with Gasteiger partial charge in [-0.3, -0.25) is 4.79 Å². The van der Waals surface area contributed by atoms with Crippen LogP contribution in [0.3, 0.4) is 0 Å². The van der Waals surface area contributed by atoms with Gasteiger partial charge in [0.05, 0.1) is 5.69 Å². The number of carbonyl (C=O) groups is 1. The molecule has 0 spiro atoms. The number of benzene rings is 2. The van der Waals surface area contributed by atoms with Crippen molar-refractivity contribution in [2.75, 3.05) is 0 Å². The van der Waals surface area contributed by atoms with Crippen molar-refractivity contribution in [2.45, 2.75) is 20.1 Å². The van der Waals surface area contributed by atoms with E-state index in [0.29, 0.717) is 32.9 Å². The van der Waals surface area contributed by atoms with Gasteiger partial charge in [0, 0.05) is 11.6 Å². The van der Waals surface area contributed by atoms with Crippen molar-refractivity contribution < 1.29 is 13.9 Å². The van der Waals surface area contributed by atoms with Gasteiger partial charge in [-0.05, 0) is 42.8 Å². The third kappa shape index (κ3) is 4.59. The van der Waals surface area contributed by atoms with Crippen LogP contribution < -0.4 is 10.1 Å². The molecular formula is C19H16ClFN2O2S. The highest BCUT2D eigenvalue weighted by atomic mass is 35.5. The zero-order valence-corrected chi connectivity index (χ0v) is 15.5. The summed E-state index contributed by atoms with van der Waals surface area (Å²) in [7, 11) is 0. The number of carbonyl (C=O) groups excluding carboxylic acids is 1. The molecule has 0 saturated heterocycles. The van der Waals surface area contributed by atoms with Crippen molar-refractivity contribution in [1.82, 2.24) is 10.3 Å². The molecule has 0 unspecified atom stereocenters. The molecule has 0 fully saturated rings.